The maximum absolute atomic E-state index is 12.0. The summed E-state index contributed by atoms with van der Waals surface area (Å²) in [5, 5.41) is 3.22. The van der Waals surface area contributed by atoms with Crippen molar-refractivity contribution in [3.05, 3.63) is 53.7 Å². The monoisotopic (exact) mass is 387 g/mol. The van der Waals surface area contributed by atoms with Crippen molar-refractivity contribution in [1.29, 1.82) is 0 Å². The lowest BCUT2D eigenvalue weighted by Crippen LogP contribution is -2.38. The van der Waals surface area contributed by atoms with Crippen LogP contribution in [0.4, 0.5) is 5.82 Å². The minimum Gasteiger partial charge on any atom is -0.365 e. The smallest absolute Gasteiger partial charge is 0.179 e. The molecule has 0 spiro atoms. The van der Waals surface area contributed by atoms with Crippen LogP contribution < -0.4 is 5.32 Å². The molecule has 1 aromatic carbocycles. The van der Waals surface area contributed by atoms with Gasteiger partial charge >= 0.3 is 0 Å². The van der Waals surface area contributed by atoms with Crippen LogP contribution in [0.1, 0.15) is 31.4 Å². The summed E-state index contributed by atoms with van der Waals surface area (Å²) in [6.07, 6.45) is 4.12. The highest BCUT2D eigenvalue weighted by Gasteiger charge is 2.22. The quantitative estimate of drug-likeness (QED) is 0.821. The van der Waals surface area contributed by atoms with Gasteiger partial charge in [0.05, 0.1) is 0 Å². The number of nitrogens with zero attached hydrogens (tertiary/aromatic N) is 2. The highest BCUT2D eigenvalue weighted by molar-refractivity contribution is 7.90. The largest absolute Gasteiger partial charge is 0.365 e. The Morgan fingerprint density at radius 3 is 2.41 bits per heavy atom. The lowest BCUT2D eigenvalue weighted by molar-refractivity contribution is 0.134. The van der Waals surface area contributed by atoms with Crippen molar-refractivity contribution in [1.82, 2.24) is 9.88 Å². The molecule has 0 bridgehead atoms. The van der Waals surface area contributed by atoms with E-state index in [-0.39, 0.29) is 4.90 Å². The number of anilines is 1. The number of nitrogens with one attached hydrogen (secondary N) is 1. The van der Waals surface area contributed by atoms with E-state index in [1.54, 1.807) is 18.3 Å². The molecule has 1 aliphatic heterocycles. The van der Waals surface area contributed by atoms with Gasteiger partial charge in [-0.2, -0.15) is 0 Å². The summed E-state index contributed by atoms with van der Waals surface area (Å²) in [4.78, 5) is 6.99. The van der Waals surface area contributed by atoms with E-state index in [4.69, 9.17) is 0 Å². The SMILES string of the molecule is CC1CC(C)CN(Cc2ccccc2CNc2ncccc2S(C)(=O)=O)C1. The highest BCUT2D eigenvalue weighted by atomic mass is 32.2. The van der Waals surface area contributed by atoms with Gasteiger partial charge in [-0.05, 0) is 41.5 Å². The molecule has 2 heterocycles. The fourth-order valence-corrected chi connectivity index (χ4v) is 4.85. The normalized spacial score (nSPS) is 21.1. The number of hydrogen-bond acceptors (Lipinski definition) is 5. The topological polar surface area (TPSA) is 62.3 Å². The molecule has 146 valence electrons. The van der Waals surface area contributed by atoms with Crippen LogP contribution >= 0.6 is 0 Å². The van der Waals surface area contributed by atoms with Crippen molar-refractivity contribution in [3.63, 3.8) is 0 Å². The van der Waals surface area contributed by atoms with E-state index in [1.807, 2.05) is 6.07 Å². The predicted octanol–water partition coefficient (Wildman–Crippen LogP) is 3.58. The summed E-state index contributed by atoms with van der Waals surface area (Å²) in [6.45, 7) is 8.38. The fraction of sp³-hybridized carbons (Fsp3) is 0.476. The van der Waals surface area contributed by atoms with Crippen LogP contribution in [0.15, 0.2) is 47.5 Å². The molecule has 6 heteroatoms. The number of rotatable bonds is 6. The molecule has 27 heavy (non-hydrogen) atoms. The number of pyridine rings is 1. The Bertz CT molecular complexity index is 873. The number of hydrogen-bond donors (Lipinski definition) is 1. The van der Waals surface area contributed by atoms with E-state index in [2.05, 4.69) is 47.2 Å². The molecule has 1 N–H and O–H groups in total. The van der Waals surface area contributed by atoms with E-state index in [0.29, 0.717) is 12.4 Å². The molecule has 1 saturated heterocycles. The summed E-state index contributed by atoms with van der Waals surface area (Å²) >= 11 is 0. The van der Waals surface area contributed by atoms with Crippen LogP contribution in [0, 0.1) is 11.8 Å². The summed E-state index contributed by atoms with van der Waals surface area (Å²) in [5.74, 6) is 1.87. The molecule has 5 nitrogen and oxygen atoms in total. The minimum absolute atomic E-state index is 0.237. The lowest BCUT2D eigenvalue weighted by atomic mass is 9.91. The zero-order valence-electron chi connectivity index (χ0n) is 16.4. The standard InChI is InChI=1S/C21H29N3O2S/c1-16-11-17(2)14-24(13-16)15-19-8-5-4-7-18(19)12-23-21-20(27(3,25)26)9-6-10-22-21/h4-10,16-17H,11-15H2,1-3H3,(H,22,23). The molecule has 0 amide bonds. The predicted molar refractivity (Wildman–Crippen MR) is 109 cm³/mol. The molecule has 0 saturated carbocycles. The molecule has 2 atom stereocenters. The van der Waals surface area contributed by atoms with Crippen molar-refractivity contribution in [2.45, 2.75) is 38.3 Å². The van der Waals surface area contributed by atoms with Crippen LogP contribution in [0.5, 0.6) is 0 Å². The van der Waals surface area contributed by atoms with Crippen molar-refractivity contribution >= 4 is 15.7 Å². The second-order valence-electron chi connectivity index (χ2n) is 7.88. The third-order valence-corrected chi connectivity index (χ3v) is 6.20. The van der Waals surface area contributed by atoms with Crippen LogP contribution in [0.25, 0.3) is 0 Å². The molecule has 3 rings (SSSR count). The van der Waals surface area contributed by atoms with Gasteiger partial charge in [-0.25, -0.2) is 13.4 Å². The van der Waals surface area contributed by atoms with E-state index in [9.17, 15) is 8.42 Å². The number of sulfone groups is 1. The molecule has 1 fully saturated rings. The first-order chi connectivity index (χ1) is 12.8. The summed E-state index contributed by atoms with van der Waals surface area (Å²) in [6, 6.07) is 11.6. The molecular formula is C21H29N3O2S. The summed E-state index contributed by atoms with van der Waals surface area (Å²) < 4.78 is 23.9. The van der Waals surface area contributed by atoms with E-state index in [1.165, 1.54) is 23.8 Å². The zero-order valence-corrected chi connectivity index (χ0v) is 17.2. The minimum atomic E-state index is -3.32. The molecule has 1 aliphatic rings. The second-order valence-corrected chi connectivity index (χ2v) is 9.87. The van der Waals surface area contributed by atoms with Gasteiger partial charge in [0.1, 0.15) is 10.7 Å². The Hall–Kier alpha value is -1.92. The average Bonchev–Trinajstić information content (AvgIpc) is 2.59. The van der Waals surface area contributed by atoms with Crippen molar-refractivity contribution < 1.29 is 8.42 Å². The van der Waals surface area contributed by atoms with Gasteiger partial charge in [-0.1, -0.05) is 38.1 Å². The van der Waals surface area contributed by atoms with Crippen LogP contribution in [0.2, 0.25) is 0 Å². The maximum atomic E-state index is 12.0. The van der Waals surface area contributed by atoms with Gasteiger partial charge in [0.25, 0.3) is 0 Å². The first-order valence-corrected chi connectivity index (χ1v) is 11.4. The number of aromatic nitrogens is 1. The van der Waals surface area contributed by atoms with E-state index < -0.39 is 9.84 Å². The van der Waals surface area contributed by atoms with Gasteiger partial charge in [0.2, 0.25) is 0 Å². The van der Waals surface area contributed by atoms with E-state index >= 15 is 0 Å². The number of piperidine rings is 1. The van der Waals surface area contributed by atoms with Gasteiger partial charge < -0.3 is 5.32 Å². The Kier molecular flexibility index (Phi) is 6.17. The summed E-state index contributed by atoms with van der Waals surface area (Å²) in [5.41, 5.74) is 2.46. The Balaban J connectivity index is 1.74. The Morgan fingerprint density at radius 1 is 1.07 bits per heavy atom. The molecule has 2 aromatic rings. The zero-order chi connectivity index (χ0) is 19.4. The fourth-order valence-electron chi connectivity index (χ4n) is 4.05. The van der Waals surface area contributed by atoms with Crippen LogP contribution in [-0.4, -0.2) is 37.6 Å². The molecule has 2 unspecified atom stereocenters. The van der Waals surface area contributed by atoms with E-state index in [0.717, 1.165) is 31.5 Å². The third-order valence-electron chi connectivity index (χ3n) is 5.07. The van der Waals surface area contributed by atoms with Crippen molar-refractivity contribution in [3.8, 4) is 0 Å². The van der Waals surface area contributed by atoms with Gasteiger partial charge in [0.15, 0.2) is 9.84 Å². The maximum Gasteiger partial charge on any atom is 0.179 e. The van der Waals surface area contributed by atoms with Gasteiger partial charge in [-0.15, -0.1) is 0 Å². The molecule has 1 aromatic heterocycles. The lowest BCUT2D eigenvalue weighted by Gasteiger charge is -2.35. The van der Waals surface area contributed by atoms with Crippen LogP contribution in [0.3, 0.4) is 0 Å². The molecule has 0 radical (unpaired) electrons. The third kappa shape index (κ3) is 5.30. The van der Waals surface area contributed by atoms with Crippen molar-refractivity contribution in [2.24, 2.45) is 11.8 Å². The van der Waals surface area contributed by atoms with Gasteiger partial charge in [0, 0.05) is 38.6 Å². The van der Waals surface area contributed by atoms with Crippen molar-refractivity contribution in [2.75, 3.05) is 24.7 Å². The highest BCUT2D eigenvalue weighted by Crippen LogP contribution is 2.24. The van der Waals surface area contributed by atoms with Gasteiger partial charge in [-0.3, -0.25) is 4.90 Å². The summed E-state index contributed by atoms with van der Waals surface area (Å²) in [7, 11) is -3.32. The number of benzene rings is 1. The molecular weight excluding hydrogens is 358 g/mol. The first kappa shape index (κ1) is 19.8. The Labute approximate surface area is 162 Å². The molecule has 0 aliphatic carbocycles. The van der Waals surface area contributed by atoms with Crippen LogP contribution in [-0.2, 0) is 22.9 Å². The first-order valence-electron chi connectivity index (χ1n) is 9.51. The number of likely N-dealkylation sites (tertiary alicyclic amines) is 1. The average molecular weight is 388 g/mol. The Morgan fingerprint density at radius 2 is 1.74 bits per heavy atom. The second kappa shape index (κ2) is 8.40.